The minimum absolute atomic E-state index is 0.569. The monoisotopic (exact) mass is 715 g/mol. The second-order valence-corrected chi connectivity index (χ2v) is 14.0. The fourth-order valence-corrected chi connectivity index (χ4v) is 8.31. The SMILES string of the molecule is c1ccc(-c2nc(-c3cccc(-c4ccccc4-n4c5ccccc5c5ccccc54)c3)nc(-n3c4ccccc4c4cccc(-c5ccccc5)c43)n2)cc1. The molecule has 0 unspecified atom stereocenters. The van der Waals surface area contributed by atoms with E-state index in [0.29, 0.717) is 17.6 Å². The van der Waals surface area contributed by atoms with Gasteiger partial charge in [-0.05, 0) is 41.5 Å². The number of hydrogen-bond donors (Lipinski definition) is 0. The summed E-state index contributed by atoms with van der Waals surface area (Å²) in [7, 11) is 0. The van der Waals surface area contributed by atoms with E-state index in [1.165, 1.54) is 21.8 Å². The molecule has 0 aliphatic rings. The first-order valence-electron chi connectivity index (χ1n) is 18.9. The minimum atomic E-state index is 0.569. The molecule has 11 rings (SSSR count). The van der Waals surface area contributed by atoms with E-state index in [1.807, 2.05) is 18.2 Å². The van der Waals surface area contributed by atoms with Crippen molar-refractivity contribution in [3.63, 3.8) is 0 Å². The largest absolute Gasteiger partial charge is 0.309 e. The molecule has 0 atom stereocenters. The van der Waals surface area contributed by atoms with Crippen LogP contribution >= 0.6 is 0 Å². The Hall–Kier alpha value is -7.63. The summed E-state index contributed by atoms with van der Waals surface area (Å²) in [6.07, 6.45) is 0. The Morgan fingerprint density at radius 2 is 0.768 bits per heavy atom. The van der Waals surface area contributed by atoms with Crippen LogP contribution in [0.25, 0.3) is 100 Å². The van der Waals surface area contributed by atoms with Crippen molar-refractivity contribution < 1.29 is 0 Å². The van der Waals surface area contributed by atoms with E-state index < -0.39 is 0 Å². The average molecular weight is 716 g/mol. The summed E-state index contributed by atoms with van der Waals surface area (Å²) in [4.78, 5) is 15.7. The number of fused-ring (bicyclic) bond motifs is 6. The van der Waals surface area contributed by atoms with Crippen molar-refractivity contribution >= 4 is 43.6 Å². The molecule has 56 heavy (non-hydrogen) atoms. The molecular formula is C51H33N5. The number of aromatic nitrogens is 5. The molecule has 5 heteroatoms. The molecule has 0 aliphatic heterocycles. The van der Waals surface area contributed by atoms with E-state index in [1.54, 1.807) is 0 Å². The highest BCUT2D eigenvalue weighted by atomic mass is 15.2. The van der Waals surface area contributed by atoms with Crippen molar-refractivity contribution in [1.82, 2.24) is 24.1 Å². The summed E-state index contributed by atoms with van der Waals surface area (Å²) in [5, 5.41) is 4.76. The standard InChI is InChI=1S/C51H33N5/c1-3-17-34(18-4-1)39-27-16-28-43-42-26-10-14-32-47(42)56(48(39)43)51-53-49(35-19-5-2-6-20-35)52-50(54-51)37-22-15-21-36(33-37)38-23-7-11-29-44(38)55-45-30-12-8-24-40(45)41-25-9-13-31-46(41)55/h1-33H. The second-order valence-electron chi connectivity index (χ2n) is 14.0. The topological polar surface area (TPSA) is 48.5 Å². The summed E-state index contributed by atoms with van der Waals surface area (Å²) < 4.78 is 4.60. The summed E-state index contributed by atoms with van der Waals surface area (Å²) in [6.45, 7) is 0. The molecule has 8 aromatic carbocycles. The Morgan fingerprint density at radius 1 is 0.304 bits per heavy atom. The quantitative estimate of drug-likeness (QED) is 0.172. The van der Waals surface area contributed by atoms with Gasteiger partial charge in [-0.15, -0.1) is 0 Å². The molecule has 0 bridgehead atoms. The molecule has 0 saturated heterocycles. The third-order valence-electron chi connectivity index (χ3n) is 10.8. The summed E-state index contributed by atoms with van der Waals surface area (Å²) in [5.74, 6) is 1.79. The summed E-state index contributed by atoms with van der Waals surface area (Å²) in [6, 6.07) is 70.3. The van der Waals surface area contributed by atoms with Gasteiger partial charge in [0.2, 0.25) is 5.95 Å². The zero-order valence-corrected chi connectivity index (χ0v) is 30.3. The van der Waals surface area contributed by atoms with Crippen LogP contribution in [0.2, 0.25) is 0 Å². The maximum Gasteiger partial charge on any atom is 0.238 e. The predicted molar refractivity (Wildman–Crippen MR) is 230 cm³/mol. The molecule has 0 amide bonds. The first kappa shape index (κ1) is 31.9. The fourth-order valence-electron chi connectivity index (χ4n) is 8.31. The van der Waals surface area contributed by atoms with Crippen LogP contribution < -0.4 is 0 Å². The Balaban J connectivity index is 1.14. The third-order valence-corrected chi connectivity index (χ3v) is 10.8. The Morgan fingerprint density at radius 3 is 1.46 bits per heavy atom. The van der Waals surface area contributed by atoms with Crippen LogP contribution in [0.3, 0.4) is 0 Å². The van der Waals surface area contributed by atoms with Crippen molar-refractivity contribution in [3.05, 3.63) is 200 Å². The molecule has 5 nitrogen and oxygen atoms in total. The van der Waals surface area contributed by atoms with Gasteiger partial charge in [0.25, 0.3) is 0 Å². The van der Waals surface area contributed by atoms with Gasteiger partial charge in [-0.25, -0.2) is 4.98 Å². The van der Waals surface area contributed by atoms with Crippen LogP contribution in [-0.2, 0) is 0 Å². The Labute approximate surface area is 323 Å². The van der Waals surface area contributed by atoms with Crippen molar-refractivity contribution in [1.29, 1.82) is 0 Å². The number of para-hydroxylation sites is 5. The van der Waals surface area contributed by atoms with Crippen LogP contribution in [0.4, 0.5) is 0 Å². The zero-order valence-electron chi connectivity index (χ0n) is 30.3. The molecular weight excluding hydrogens is 683 g/mol. The van der Waals surface area contributed by atoms with Gasteiger partial charge in [-0.1, -0.05) is 170 Å². The normalized spacial score (nSPS) is 11.6. The van der Waals surface area contributed by atoms with E-state index >= 15 is 0 Å². The van der Waals surface area contributed by atoms with Gasteiger partial charge in [-0.3, -0.25) is 4.57 Å². The van der Waals surface area contributed by atoms with E-state index in [4.69, 9.17) is 15.0 Å². The fraction of sp³-hybridized carbons (Fsp3) is 0. The lowest BCUT2D eigenvalue weighted by Crippen LogP contribution is -2.07. The summed E-state index contributed by atoms with van der Waals surface area (Å²) in [5.41, 5.74) is 11.8. The van der Waals surface area contributed by atoms with Gasteiger partial charge in [0.05, 0.1) is 27.8 Å². The number of benzene rings is 8. The number of nitrogens with zero attached hydrogens (tertiary/aromatic N) is 5. The maximum absolute atomic E-state index is 5.33. The highest BCUT2D eigenvalue weighted by molar-refractivity contribution is 6.13. The van der Waals surface area contributed by atoms with Gasteiger partial charge in [0.1, 0.15) is 0 Å². The first-order valence-corrected chi connectivity index (χ1v) is 18.9. The number of rotatable bonds is 6. The highest BCUT2D eigenvalue weighted by Gasteiger charge is 2.21. The Kier molecular flexibility index (Phi) is 7.42. The smallest absolute Gasteiger partial charge is 0.238 e. The third kappa shape index (κ3) is 5.13. The zero-order chi connectivity index (χ0) is 37.0. The van der Waals surface area contributed by atoms with Crippen molar-refractivity contribution in [2.45, 2.75) is 0 Å². The lowest BCUT2D eigenvalue weighted by atomic mass is 10.0. The summed E-state index contributed by atoms with van der Waals surface area (Å²) >= 11 is 0. The highest BCUT2D eigenvalue weighted by Crippen LogP contribution is 2.39. The van der Waals surface area contributed by atoms with Crippen LogP contribution in [0.1, 0.15) is 0 Å². The predicted octanol–water partition coefficient (Wildman–Crippen LogP) is 12.7. The van der Waals surface area contributed by atoms with Gasteiger partial charge in [0, 0.05) is 43.8 Å². The van der Waals surface area contributed by atoms with Gasteiger partial charge < -0.3 is 4.57 Å². The van der Waals surface area contributed by atoms with Crippen LogP contribution in [0, 0.1) is 0 Å². The minimum Gasteiger partial charge on any atom is -0.309 e. The van der Waals surface area contributed by atoms with E-state index in [0.717, 1.165) is 60.9 Å². The molecule has 0 N–H and O–H groups in total. The van der Waals surface area contributed by atoms with Gasteiger partial charge >= 0.3 is 0 Å². The molecule has 0 saturated carbocycles. The van der Waals surface area contributed by atoms with E-state index in [2.05, 4.69) is 191 Å². The first-order chi connectivity index (χ1) is 27.8. The molecule has 262 valence electrons. The maximum atomic E-state index is 5.33. The molecule has 0 radical (unpaired) electrons. The second kappa shape index (κ2) is 13.0. The molecule has 3 aromatic heterocycles. The van der Waals surface area contributed by atoms with Crippen molar-refractivity contribution in [2.75, 3.05) is 0 Å². The number of hydrogen-bond acceptors (Lipinski definition) is 3. The van der Waals surface area contributed by atoms with E-state index in [9.17, 15) is 0 Å². The lowest BCUT2D eigenvalue weighted by Gasteiger charge is -2.15. The average Bonchev–Trinajstić information content (AvgIpc) is 3.80. The molecule has 11 aromatic rings. The molecule has 0 spiro atoms. The van der Waals surface area contributed by atoms with Crippen molar-refractivity contribution in [2.24, 2.45) is 0 Å². The van der Waals surface area contributed by atoms with Crippen molar-refractivity contribution in [3.8, 4) is 56.7 Å². The lowest BCUT2D eigenvalue weighted by molar-refractivity contribution is 0.954. The van der Waals surface area contributed by atoms with Gasteiger partial charge in [0.15, 0.2) is 11.6 Å². The van der Waals surface area contributed by atoms with Crippen LogP contribution in [0.5, 0.6) is 0 Å². The molecule has 0 fully saturated rings. The Bertz CT molecular complexity index is 3200. The van der Waals surface area contributed by atoms with Gasteiger partial charge in [-0.2, -0.15) is 9.97 Å². The van der Waals surface area contributed by atoms with Crippen LogP contribution in [0.15, 0.2) is 200 Å². The van der Waals surface area contributed by atoms with E-state index in [-0.39, 0.29) is 0 Å². The molecule has 0 aliphatic carbocycles. The van der Waals surface area contributed by atoms with Crippen LogP contribution in [-0.4, -0.2) is 24.1 Å². The molecule has 3 heterocycles.